The van der Waals surface area contributed by atoms with Crippen LogP contribution in [0.2, 0.25) is 0 Å². The van der Waals surface area contributed by atoms with Gasteiger partial charge in [0, 0.05) is 0 Å². The highest BCUT2D eigenvalue weighted by Crippen LogP contribution is 2.34. The fourth-order valence-electron chi connectivity index (χ4n) is 6.16. The lowest BCUT2D eigenvalue weighted by molar-refractivity contribution is -0.294. The van der Waals surface area contributed by atoms with Crippen LogP contribution in [0.25, 0.3) is 0 Å². The Labute approximate surface area is 222 Å². The summed E-state index contributed by atoms with van der Waals surface area (Å²) in [4.78, 5) is 18.1. The van der Waals surface area contributed by atoms with E-state index >= 15 is 0 Å². The second-order valence-electron chi connectivity index (χ2n) is 12.1. The third-order valence-corrected chi connectivity index (χ3v) is 8.85. The van der Waals surface area contributed by atoms with E-state index < -0.39 is 12.0 Å². The Morgan fingerprint density at radius 2 is 1.33 bits per heavy atom. The normalized spacial score (nSPS) is 26.4. The van der Waals surface area contributed by atoms with E-state index in [1.807, 2.05) is 0 Å². The Bertz CT molecular complexity index is 537. The standard InChI is InChI=1S/C31H58O5/c1-4-5-6-7-8-9-10-11-12-13-29(30(36-33)24-27-18-14-25(2)15-19-27)31(32)35-23-22-34-28-20-16-26(3)17-21-28/h25-30,33H,4-24H2,1-3H3. The van der Waals surface area contributed by atoms with Crippen LogP contribution < -0.4 is 0 Å². The monoisotopic (exact) mass is 510 g/mol. The van der Waals surface area contributed by atoms with Gasteiger partial charge >= 0.3 is 5.97 Å². The molecule has 0 bridgehead atoms. The topological polar surface area (TPSA) is 65.0 Å². The molecule has 2 rings (SSSR count). The fraction of sp³-hybridized carbons (Fsp3) is 0.968. The van der Waals surface area contributed by atoms with E-state index in [0.717, 1.165) is 63.2 Å². The minimum atomic E-state index is -0.467. The highest BCUT2D eigenvalue weighted by molar-refractivity contribution is 5.73. The van der Waals surface area contributed by atoms with Gasteiger partial charge in [0.15, 0.2) is 0 Å². The Hall–Kier alpha value is -0.650. The zero-order valence-corrected chi connectivity index (χ0v) is 23.9. The number of esters is 1. The van der Waals surface area contributed by atoms with E-state index in [-0.39, 0.29) is 12.6 Å². The molecule has 0 saturated heterocycles. The molecule has 2 atom stereocenters. The van der Waals surface area contributed by atoms with Crippen molar-refractivity contribution >= 4 is 5.97 Å². The molecule has 212 valence electrons. The minimum absolute atomic E-state index is 0.223. The van der Waals surface area contributed by atoms with Crippen LogP contribution in [0.3, 0.4) is 0 Å². The maximum absolute atomic E-state index is 13.1. The third kappa shape index (κ3) is 13.2. The van der Waals surface area contributed by atoms with Gasteiger partial charge in [0.05, 0.1) is 18.6 Å². The third-order valence-electron chi connectivity index (χ3n) is 8.85. The first-order valence-electron chi connectivity index (χ1n) is 15.6. The van der Waals surface area contributed by atoms with Crippen LogP contribution in [0.15, 0.2) is 0 Å². The number of unbranched alkanes of at least 4 members (excludes halogenated alkanes) is 8. The lowest BCUT2D eigenvalue weighted by Gasteiger charge is -2.31. The number of hydrogen-bond acceptors (Lipinski definition) is 5. The number of ether oxygens (including phenoxy) is 2. The van der Waals surface area contributed by atoms with E-state index in [2.05, 4.69) is 20.8 Å². The second-order valence-corrected chi connectivity index (χ2v) is 12.1. The first-order valence-corrected chi connectivity index (χ1v) is 15.6. The van der Waals surface area contributed by atoms with Crippen molar-refractivity contribution in [3.63, 3.8) is 0 Å². The first-order chi connectivity index (χ1) is 17.5. The van der Waals surface area contributed by atoms with E-state index in [9.17, 15) is 10.1 Å². The molecule has 36 heavy (non-hydrogen) atoms. The van der Waals surface area contributed by atoms with Crippen molar-refractivity contribution in [3.05, 3.63) is 0 Å². The van der Waals surface area contributed by atoms with Crippen molar-refractivity contribution in [2.75, 3.05) is 13.2 Å². The van der Waals surface area contributed by atoms with Crippen LogP contribution in [0.5, 0.6) is 0 Å². The van der Waals surface area contributed by atoms with Crippen LogP contribution >= 0.6 is 0 Å². The molecule has 0 aromatic heterocycles. The van der Waals surface area contributed by atoms with E-state index in [0.29, 0.717) is 18.6 Å². The molecular formula is C31H58O5. The molecule has 2 saturated carbocycles. The zero-order chi connectivity index (χ0) is 26.0. The summed E-state index contributed by atoms with van der Waals surface area (Å²) in [5.41, 5.74) is 0. The van der Waals surface area contributed by atoms with Crippen LogP contribution in [0, 0.1) is 23.7 Å². The quantitative estimate of drug-likeness (QED) is 0.0814. The van der Waals surface area contributed by atoms with Crippen molar-refractivity contribution in [1.29, 1.82) is 0 Å². The van der Waals surface area contributed by atoms with Crippen LogP contribution in [-0.2, 0) is 19.2 Å². The lowest BCUT2D eigenvalue weighted by atomic mass is 9.78. The summed E-state index contributed by atoms with van der Waals surface area (Å²) in [6.07, 6.45) is 22.0. The van der Waals surface area contributed by atoms with Crippen LogP contribution in [-0.4, -0.2) is 36.6 Å². The van der Waals surface area contributed by atoms with E-state index in [4.69, 9.17) is 14.4 Å². The van der Waals surface area contributed by atoms with Gasteiger partial charge in [-0.05, 0) is 56.3 Å². The summed E-state index contributed by atoms with van der Waals surface area (Å²) < 4.78 is 11.7. The maximum atomic E-state index is 13.1. The van der Waals surface area contributed by atoms with Gasteiger partial charge in [0.25, 0.3) is 0 Å². The van der Waals surface area contributed by atoms with Crippen molar-refractivity contribution in [3.8, 4) is 0 Å². The van der Waals surface area contributed by atoms with Crippen LogP contribution in [0.1, 0.15) is 143 Å². The molecule has 5 nitrogen and oxygen atoms in total. The van der Waals surface area contributed by atoms with Crippen LogP contribution in [0.4, 0.5) is 0 Å². The molecule has 0 heterocycles. The molecule has 2 aliphatic rings. The van der Waals surface area contributed by atoms with Crippen molar-refractivity contribution < 1.29 is 24.4 Å². The van der Waals surface area contributed by atoms with Gasteiger partial charge in [0.2, 0.25) is 0 Å². The summed E-state index contributed by atoms with van der Waals surface area (Å²) in [6, 6.07) is 0. The summed E-state index contributed by atoms with van der Waals surface area (Å²) in [7, 11) is 0. The summed E-state index contributed by atoms with van der Waals surface area (Å²) in [5, 5.41) is 9.80. The summed E-state index contributed by atoms with van der Waals surface area (Å²) in [6.45, 7) is 7.62. The fourth-order valence-corrected chi connectivity index (χ4v) is 6.16. The van der Waals surface area contributed by atoms with Gasteiger partial charge in [0.1, 0.15) is 12.7 Å². The molecule has 2 unspecified atom stereocenters. The molecule has 0 radical (unpaired) electrons. The molecule has 2 fully saturated rings. The highest BCUT2D eigenvalue weighted by Gasteiger charge is 2.33. The molecule has 0 spiro atoms. The molecule has 0 aromatic rings. The molecule has 5 heteroatoms. The van der Waals surface area contributed by atoms with Gasteiger partial charge in [-0.25, -0.2) is 4.89 Å². The molecular weight excluding hydrogens is 452 g/mol. The van der Waals surface area contributed by atoms with Gasteiger partial charge in [-0.2, -0.15) is 0 Å². The van der Waals surface area contributed by atoms with Gasteiger partial charge in [-0.1, -0.05) is 104 Å². The van der Waals surface area contributed by atoms with E-state index in [1.54, 1.807) is 0 Å². The van der Waals surface area contributed by atoms with Crippen molar-refractivity contribution in [1.82, 2.24) is 0 Å². The average Bonchev–Trinajstić information content (AvgIpc) is 2.89. The smallest absolute Gasteiger partial charge is 0.311 e. The first kappa shape index (κ1) is 31.6. The predicted molar refractivity (Wildman–Crippen MR) is 147 cm³/mol. The van der Waals surface area contributed by atoms with E-state index in [1.165, 1.54) is 70.6 Å². The number of rotatable bonds is 19. The average molecular weight is 511 g/mol. The second kappa shape index (κ2) is 19.4. The zero-order valence-electron chi connectivity index (χ0n) is 23.9. The largest absolute Gasteiger partial charge is 0.463 e. The Kier molecular flexibility index (Phi) is 17.0. The molecule has 1 N–H and O–H groups in total. The Morgan fingerprint density at radius 1 is 0.778 bits per heavy atom. The maximum Gasteiger partial charge on any atom is 0.311 e. The highest BCUT2D eigenvalue weighted by atomic mass is 17.1. The summed E-state index contributed by atoms with van der Waals surface area (Å²) >= 11 is 0. The van der Waals surface area contributed by atoms with Crippen molar-refractivity contribution in [2.45, 2.75) is 155 Å². The minimum Gasteiger partial charge on any atom is -0.463 e. The SMILES string of the molecule is CCCCCCCCCCCC(C(=O)OCCOC1CCC(C)CC1)C(CC1CCC(C)CC1)OO. The van der Waals surface area contributed by atoms with Crippen molar-refractivity contribution in [2.24, 2.45) is 23.7 Å². The number of hydrogen-bond donors (Lipinski definition) is 1. The van der Waals surface area contributed by atoms with Gasteiger partial charge in [-0.3, -0.25) is 10.1 Å². The molecule has 0 amide bonds. The Balaban J connectivity index is 1.76. The molecule has 0 aromatic carbocycles. The number of carbonyl (C=O) groups is 1. The molecule has 2 aliphatic carbocycles. The lowest BCUT2D eigenvalue weighted by Crippen LogP contribution is -2.34. The molecule has 0 aliphatic heterocycles. The Morgan fingerprint density at radius 3 is 1.92 bits per heavy atom. The summed E-state index contributed by atoms with van der Waals surface area (Å²) in [5.74, 6) is 1.49. The number of carbonyl (C=O) groups excluding carboxylic acids is 1. The van der Waals surface area contributed by atoms with Gasteiger partial charge < -0.3 is 9.47 Å². The van der Waals surface area contributed by atoms with Gasteiger partial charge in [-0.15, -0.1) is 0 Å². The predicted octanol–water partition coefficient (Wildman–Crippen LogP) is 8.74.